The van der Waals surface area contributed by atoms with Gasteiger partial charge in [0.1, 0.15) is 5.82 Å². The zero-order valence-corrected chi connectivity index (χ0v) is 12.5. The zero-order valence-electron chi connectivity index (χ0n) is 12.5. The standard InChI is InChI=1S/C14H22N4O3/c1-20-10-7-9(19)14(10)3-5-18(6-4-14)11-8-12(21-2)17-13(15)16-11/h8-10,19H,3-7H2,1-2H3,(H2,15,16,17)/t9-,10+/m1/s1. The molecule has 21 heavy (non-hydrogen) atoms. The Morgan fingerprint density at radius 2 is 2.05 bits per heavy atom. The van der Waals surface area contributed by atoms with Gasteiger partial charge in [0, 0.05) is 38.1 Å². The quantitative estimate of drug-likeness (QED) is 0.835. The first-order valence-corrected chi connectivity index (χ1v) is 7.23. The Morgan fingerprint density at radius 3 is 2.62 bits per heavy atom. The maximum Gasteiger partial charge on any atom is 0.225 e. The number of ether oxygens (including phenoxy) is 2. The molecule has 1 saturated heterocycles. The molecular weight excluding hydrogens is 272 g/mol. The SMILES string of the molecule is COc1cc(N2CCC3(CC2)[C@H](O)C[C@@H]3OC)nc(N)n1. The Labute approximate surface area is 124 Å². The van der Waals surface area contributed by atoms with Crippen LogP contribution in [0.5, 0.6) is 5.88 Å². The van der Waals surface area contributed by atoms with E-state index in [0.29, 0.717) is 5.88 Å². The van der Waals surface area contributed by atoms with Gasteiger partial charge < -0.3 is 25.2 Å². The van der Waals surface area contributed by atoms with Gasteiger partial charge in [-0.2, -0.15) is 9.97 Å². The summed E-state index contributed by atoms with van der Waals surface area (Å²) in [5.74, 6) is 1.45. The Balaban J connectivity index is 1.73. The molecule has 0 bridgehead atoms. The molecule has 1 aliphatic heterocycles. The third-order valence-corrected chi connectivity index (χ3v) is 4.96. The summed E-state index contributed by atoms with van der Waals surface area (Å²) in [4.78, 5) is 10.4. The number of aliphatic hydroxyl groups is 1. The zero-order chi connectivity index (χ0) is 15.0. The molecule has 1 aromatic rings. The molecule has 1 spiro atoms. The number of nitrogens with two attached hydrogens (primary N) is 1. The first kappa shape index (κ1) is 14.3. The van der Waals surface area contributed by atoms with Crippen molar-refractivity contribution < 1.29 is 14.6 Å². The normalized spacial score (nSPS) is 27.5. The highest BCUT2D eigenvalue weighted by Gasteiger charge is 2.55. The van der Waals surface area contributed by atoms with Crippen LogP contribution in [0.25, 0.3) is 0 Å². The predicted octanol–water partition coefficient (Wildman–Crippen LogP) is 0.434. The Bertz CT molecular complexity index is 517. The lowest BCUT2D eigenvalue weighted by Crippen LogP contribution is -2.62. The third kappa shape index (κ3) is 2.30. The molecule has 0 aromatic carbocycles. The van der Waals surface area contributed by atoms with Crippen LogP contribution >= 0.6 is 0 Å². The average Bonchev–Trinajstić information content (AvgIpc) is 2.51. The monoisotopic (exact) mass is 294 g/mol. The van der Waals surface area contributed by atoms with Crippen molar-refractivity contribution in [1.82, 2.24) is 9.97 Å². The molecule has 3 N–H and O–H groups in total. The van der Waals surface area contributed by atoms with Crippen molar-refractivity contribution in [2.24, 2.45) is 5.41 Å². The molecule has 7 heteroatoms. The van der Waals surface area contributed by atoms with Crippen molar-refractivity contribution in [2.75, 3.05) is 37.9 Å². The van der Waals surface area contributed by atoms with Crippen LogP contribution in [-0.4, -0.2) is 54.6 Å². The van der Waals surface area contributed by atoms with Gasteiger partial charge in [-0.25, -0.2) is 0 Å². The highest BCUT2D eigenvalue weighted by Crippen LogP contribution is 2.51. The Kier molecular flexibility index (Phi) is 3.62. The Hall–Kier alpha value is -1.60. The minimum atomic E-state index is -0.255. The molecule has 0 radical (unpaired) electrons. The van der Waals surface area contributed by atoms with E-state index in [9.17, 15) is 5.11 Å². The number of piperidine rings is 1. The fourth-order valence-electron chi connectivity index (χ4n) is 3.56. The van der Waals surface area contributed by atoms with Gasteiger partial charge in [0.25, 0.3) is 0 Å². The number of aliphatic hydroxyl groups excluding tert-OH is 1. The van der Waals surface area contributed by atoms with Crippen LogP contribution in [0, 0.1) is 5.41 Å². The minimum Gasteiger partial charge on any atom is -0.481 e. The van der Waals surface area contributed by atoms with Crippen molar-refractivity contribution in [3.05, 3.63) is 6.07 Å². The number of aromatic nitrogens is 2. The summed E-state index contributed by atoms with van der Waals surface area (Å²) in [5.41, 5.74) is 5.62. The van der Waals surface area contributed by atoms with Gasteiger partial charge in [0.05, 0.1) is 19.3 Å². The van der Waals surface area contributed by atoms with E-state index in [1.165, 1.54) is 0 Å². The van der Waals surface area contributed by atoms with Crippen molar-refractivity contribution in [1.29, 1.82) is 0 Å². The van der Waals surface area contributed by atoms with Gasteiger partial charge in [-0.1, -0.05) is 0 Å². The molecule has 0 unspecified atom stereocenters. The summed E-state index contributed by atoms with van der Waals surface area (Å²) in [5, 5.41) is 10.1. The number of hydrogen-bond donors (Lipinski definition) is 2. The van der Waals surface area contributed by atoms with Crippen LogP contribution < -0.4 is 15.4 Å². The van der Waals surface area contributed by atoms with Crippen molar-refractivity contribution >= 4 is 11.8 Å². The van der Waals surface area contributed by atoms with E-state index in [1.54, 1.807) is 20.3 Å². The van der Waals surface area contributed by atoms with E-state index in [4.69, 9.17) is 15.2 Å². The fraction of sp³-hybridized carbons (Fsp3) is 0.714. The number of nitrogen functional groups attached to an aromatic ring is 1. The van der Waals surface area contributed by atoms with Crippen LogP contribution in [0.1, 0.15) is 19.3 Å². The number of anilines is 2. The molecule has 2 fully saturated rings. The molecule has 1 saturated carbocycles. The van der Waals surface area contributed by atoms with Crippen LogP contribution in [0.3, 0.4) is 0 Å². The molecule has 1 aliphatic carbocycles. The molecule has 2 aliphatic rings. The number of nitrogens with zero attached hydrogens (tertiary/aromatic N) is 3. The van der Waals surface area contributed by atoms with Crippen molar-refractivity contribution in [3.8, 4) is 5.88 Å². The summed E-state index contributed by atoms with van der Waals surface area (Å²) in [6.07, 6.45) is 2.43. The lowest BCUT2D eigenvalue weighted by atomic mass is 9.58. The minimum absolute atomic E-state index is 0.0894. The number of methoxy groups -OCH3 is 2. The van der Waals surface area contributed by atoms with Gasteiger partial charge in [-0.3, -0.25) is 0 Å². The number of rotatable bonds is 3. The van der Waals surface area contributed by atoms with Crippen LogP contribution in [0.15, 0.2) is 6.07 Å². The molecule has 1 aromatic heterocycles. The lowest BCUT2D eigenvalue weighted by molar-refractivity contribution is -0.190. The summed E-state index contributed by atoms with van der Waals surface area (Å²) in [6, 6.07) is 1.79. The van der Waals surface area contributed by atoms with Crippen LogP contribution in [0.2, 0.25) is 0 Å². The predicted molar refractivity (Wildman–Crippen MR) is 78.3 cm³/mol. The second-order valence-corrected chi connectivity index (χ2v) is 5.82. The highest BCUT2D eigenvalue weighted by molar-refractivity contribution is 5.46. The fourth-order valence-corrected chi connectivity index (χ4v) is 3.56. The van der Waals surface area contributed by atoms with Gasteiger partial charge in [-0.05, 0) is 12.8 Å². The first-order valence-electron chi connectivity index (χ1n) is 7.23. The van der Waals surface area contributed by atoms with Crippen molar-refractivity contribution in [3.63, 3.8) is 0 Å². The Morgan fingerprint density at radius 1 is 1.33 bits per heavy atom. The van der Waals surface area contributed by atoms with Crippen molar-refractivity contribution in [2.45, 2.75) is 31.5 Å². The van der Waals surface area contributed by atoms with Crippen LogP contribution in [0.4, 0.5) is 11.8 Å². The summed E-state index contributed by atoms with van der Waals surface area (Å²) in [7, 11) is 3.28. The molecule has 116 valence electrons. The molecule has 2 heterocycles. The van der Waals surface area contributed by atoms with E-state index < -0.39 is 0 Å². The summed E-state index contributed by atoms with van der Waals surface area (Å²) < 4.78 is 10.6. The van der Waals surface area contributed by atoms with E-state index in [-0.39, 0.29) is 23.6 Å². The largest absolute Gasteiger partial charge is 0.481 e. The summed E-state index contributed by atoms with van der Waals surface area (Å²) in [6.45, 7) is 1.63. The third-order valence-electron chi connectivity index (χ3n) is 4.96. The van der Waals surface area contributed by atoms with Gasteiger partial charge in [0.15, 0.2) is 0 Å². The van der Waals surface area contributed by atoms with Gasteiger partial charge in [-0.15, -0.1) is 0 Å². The topological polar surface area (TPSA) is 93.7 Å². The average molecular weight is 294 g/mol. The first-order chi connectivity index (χ1) is 10.1. The maximum atomic E-state index is 10.1. The van der Waals surface area contributed by atoms with E-state index in [2.05, 4.69) is 14.9 Å². The maximum absolute atomic E-state index is 10.1. The summed E-state index contributed by atoms with van der Waals surface area (Å²) >= 11 is 0. The lowest BCUT2D eigenvalue weighted by Gasteiger charge is -2.56. The molecule has 3 rings (SSSR count). The van der Waals surface area contributed by atoms with E-state index in [0.717, 1.165) is 38.2 Å². The smallest absolute Gasteiger partial charge is 0.225 e. The molecule has 2 atom stereocenters. The second-order valence-electron chi connectivity index (χ2n) is 5.82. The van der Waals surface area contributed by atoms with Gasteiger partial charge >= 0.3 is 0 Å². The van der Waals surface area contributed by atoms with E-state index in [1.807, 2.05) is 0 Å². The van der Waals surface area contributed by atoms with Gasteiger partial charge in [0.2, 0.25) is 11.8 Å². The molecule has 0 amide bonds. The second kappa shape index (κ2) is 5.31. The molecular formula is C14H22N4O3. The number of hydrogen-bond acceptors (Lipinski definition) is 7. The van der Waals surface area contributed by atoms with Crippen LogP contribution in [-0.2, 0) is 4.74 Å². The van der Waals surface area contributed by atoms with E-state index >= 15 is 0 Å². The molecule has 7 nitrogen and oxygen atoms in total. The highest BCUT2D eigenvalue weighted by atomic mass is 16.5.